The maximum Gasteiger partial charge on any atom is 3.00 e. The Hall–Kier alpha value is -4.69. The summed E-state index contributed by atoms with van der Waals surface area (Å²) in [7, 11) is 0. The van der Waals surface area contributed by atoms with Gasteiger partial charge in [0.1, 0.15) is 0 Å². The molecular formula is C30H21F9IrN6+3. The Labute approximate surface area is 268 Å². The number of aromatic amines is 3. The van der Waals surface area contributed by atoms with Crippen molar-refractivity contribution in [3.63, 3.8) is 0 Å². The first-order chi connectivity index (χ1) is 21.3. The van der Waals surface area contributed by atoms with Gasteiger partial charge in [0.15, 0.2) is 0 Å². The average Bonchev–Trinajstić information content (AvgIpc) is 3.81. The minimum absolute atomic E-state index is 0. The van der Waals surface area contributed by atoms with Crippen LogP contribution in [0.25, 0.3) is 33.8 Å². The van der Waals surface area contributed by atoms with Crippen molar-refractivity contribution in [1.29, 1.82) is 0 Å². The molecular weight excluding hydrogens is 808 g/mol. The number of nitrogens with zero attached hydrogens (tertiary/aromatic N) is 3. The van der Waals surface area contributed by atoms with Gasteiger partial charge in [-0.3, -0.25) is 15.3 Å². The number of H-pyrrole nitrogens is 3. The van der Waals surface area contributed by atoms with E-state index in [1.807, 2.05) is 0 Å². The molecule has 0 spiro atoms. The van der Waals surface area contributed by atoms with Gasteiger partial charge in [-0.2, -0.15) is 54.8 Å². The molecule has 0 fully saturated rings. The molecule has 3 N–H and O–H groups in total. The van der Waals surface area contributed by atoms with Crippen LogP contribution in [0, 0.1) is 0 Å². The van der Waals surface area contributed by atoms with E-state index in [4.69, 9.17) is 0 Å². The molecule has 0 amide bonds. The fraction of sp³-hybridized carbons (Fsp3) is 0.100. The number of rotatable bonds is 3. The first kappa shape index (κ1) is 35.8. The van der Waals surface area contributed by atoms with Crippen LogP contribution in [0.3, 0.4) is 0 Å². The van der Waals surface area contributed by atoms with Crippen LogP contribution in [0.4, 0.5) is 39.5 Å². The molecule has 46 heavy (non-hydrogen) atoms. The normalized spacial score (nSPS) is 11.4. The van der Waals surface area contributed by atoms with Gasteiger partial charge in [-0.15, -0.1) is 0 Å². The van der Waals surface area contributed by atoms with Crippen LogP contribution in [0.15, 0.2) is 110 Å². The molecule has 0 atom stereocenters. The maximum absolute atomic E-state index is 12.6. The molecule has 6 rings (SSSR count). The monoisotopic (exact) mass is 829 g/mol. The van der Waals surface area contributed by atoms with E-state index in [1.165, 1.54) is 73.2 Å². The first-order valence-electron chi connectivity index (χ1n) is 12.7. The molecule has 0 radical (unpaired) electrons. The SMILES string of the molecule is FC(F)(F)c1ccccc1-c1ccn[nH]1.FC(F)(F)c1ccccc1-c1ccn[nH]1.FC(F)(F)c1ccccc1-c1ccn[nH]1.[Ir+3]. The van der Waals surface area contributed by atoms with Crippen LogP contribution in [-0.2, 0) is 38.6 Å². The molecule has 0 unspecified atom stereocenters. The molecule has 240 valence electrons. The summed E-state index contributed by atoms with van der Waals surface area (Å²) in [4.78, 5) is 0. The fourth-order valence-electron chi connectivity index (χ4n) is 4.11. The number of aromatic nitrogens is 6. The topological polar surface area (TPSA) is 86.0 Å². The first-order valence-corrected chi connectivity index (χ1v) is 12.7. The second-order valence-corrected chi connectivity index (χ2v) is 9.04. The Bertz CT molecular complexity index is 1550. The Kier molecular flexibility index (Phi) is 11.7. The molecule has 3 heterocycles. The van der Waals surface area contributed by atoms with Gasteiger partial charge < -0.3 is 0 Å². The van der Waals surface area contributed by atoms with E-state index >= 15 is 0 Å². The van der Waals surface area contributed by atoms with Crippen LogP contribution in [-0.4, -0.2) is 30.6 Å². The van der Waals surface area contributed by atoms with E-state index < -0.39 is 35.2 Å². The summed E-state index contributed by atoms with van der Waals surface area (Å²) in [6.07, 6.45) is -8.78. The molecule has 16 heteroatoms. The van der Waals surface area contributed by atoms with E-state index in [0.29, 0.717) is 17.1 Å². The van der Waals surface area contributed by atoms with Gasteiger partial charge in [-0.05, 0) is 36.4 Å². The van der Waals surface area contributed by atoms with Crippen LogP contribution >= 0.6 is 0 Å². The van der Waals surface area contributed by atoms with Gasteiger partial charge in [0, 0.05) is 35.3 Å². The third-order valence-electron chi connectivity index (χ3n) is 6.07. The van der Waals surface area contributed by atoms with Gasteiger partial charge in [0.05, 0.1) is 33.8 Å². The molecule has 0 bridgehead atoms. The Balaban J connectivity index is 0.000000186. The molecule has 0 aliphatic heterocycles. The van der Waals surface area contributed by atoms with Crippen LogP contribution < -0.4 is 0 Å². The van der Waals surface area contributed by atoms with Crippen molar-refractivity contribution in [1.82, 2.24) is 30.6 Å². The summed E-state index contributed by atoms with van der Waals surface area (Å²) in [5.41, 5.74) is -0.543. The number of benzene rings is 3. The second-order valence-electron chi connectivity index (χ2n) is 9.04. The Morgan fingerprint density at radius 3 is 0.804 bits per heavy atom. The minimum atomic E-state index is -4.35. The van der Waals surface area contributed by atoms with Crippen molar-refractivity contribution in [2.45, 2.75) is 18.5 Å². The van der Waals surface area contributed by atoms with Crippen LogP contribution in [0.1, 0.15) is 16.7 Å². The zero-order valence-corrected chi connectivity index (χ0v) is 25.4. The molecule has 0 aliphatic carbocycles. The van der Waals surface area contributed by atoms with E-state index in [1.54, 1.807) is 18.2 Å². The third-order valence-corrected chi connectivity index (χ3v) is 6.07. The maximum atomic E-state index is 12.6. The number of hydrogen-bond acceptors (Lipinski definition) is 3. The standard InChI is InChI=1S/3C10H7F3N2.Ir/c3*11-10(12,13)8-4-2-1-3-7(8)9-5-6-14-15-9;/h3*1-6H,(H,14,15);/q;;;+3. The molecule has 6 aromatic rings. The molecule has 0 aliphatic rings. The van der Waals surface area contributed by atoms with E-state index in [9.17, 15) is 39.5 Å². The van der Waals surface area contributed by atoms with Gasteiger partial charge >= 0.3 is 38.6 Å². The van der Waals surface area contributed by atoms with Crippen LogP contribution in [0.5, 0.6) is 0 Å². The van der Waals surface area contributed by atoms with E-state index in [0.717, 1.165) is 18.2 Å². The molecule has 0 saturated carbocycles. The molecule has 0 saturated heterocycles. The largest absolute Gasteiger partial charge is 3.00 e. The second kappa shape index (κ2) is 15.1. The predicted molar refractivity (Wildman–Crippen MR) is 147 cm³/mol. The van der Waals surface area contributed by atoms with E-state index in [-0.39, 0.29) is 36.8 Å². The Morgan fingerprint density at radius 2 is 0.609 bits per heavy atom. The van der Waals surface area contributed by atoms with Gasteiger partial charge in [-0.1, -0.05) is 54.6 Å². The summed E-state index contributed by atoms with van der Waals surface area (Å²) < 4.78 is 113. The van der Waals surface area contributed by atoms with E-state index in [2.05, 4.69) is 30.6 Å². The zero-order chi connectivity index (χ0) is 32.7. The Morgan fingerprint density at radius 1 is 0.370 bits per heavy atom. The third kappa shape index (κ3) is 9.17. The number of halogens is 9. The summed E-state index contributed by atoms with van der Waals surface area (Å²) in [6.45, 7) is 0. The quantitative estimate of drug-likeness (QED) is 0.156. The summed E-state index contributed by atoms with van der Waals surface area (Å²) in [6, 6.07) is 20.7. The average molecular weight is 829 g/mol. The summed E-state index contributed by atoms with van der Waals surface area (Å²) in [5.74, 6) is 0. The molecule has 6 nitrogen and oxygen atoms in total. The van der Waals surface area contributed by atoms with Crippen molar-refractivity contribution >= 4 is 0 Å². The molecule has 3 aromatic heterocycles. The molecule has 3 aromatic carbocycles. The summed E-state index contributed by atoms with van der Waals surface area (Å²) in [5, 5.41) is 18.4. The smallest absolute Gasteiger partial charge is 0.278 e. The zero-order valence-electron chi connectivity index (χ0n) is 23.0. The summed E-state index contributed by atoms with van der Waals surface area (Å²) >= 11 is 0. The number of nitrogens with one attached hydrogen (secondary N) is 3. The van der Waals surface area contributed by atoms with Crippen molar-refractivity contribution in [2.24, 2.45) is 0 Å². The minimum Gasteiger partial charge on any atom is -0.278 e. The number of alkyl halides is 9. The van der Waals surface area contributed by atoms with Crippen molar-refractivity contribution < 1.29 is 59.6 Å². The van der Waals surface area contributed by atoms with Crippen molar-refractivity contribution in [3.05, 3.63) is 126 Å². The number of hydrogen-bond donors (Lipinski definition) is 3. The predicted octanol–water partition coefficient (Wildman–Crippen LogP) is 9.28. The van der Waals surface area contributed by atoms with Gasteiger partial charge in [0.2, 0.25) is 0 Å². The van der Waals surface area contributed by atoms with Gasteiger partial charge in [-0.25, -0.2) is 0 Å². The van der Waals surface area contributed by atoms with Crippen LogP contribution in [0.2, 0.25) is 0 Å². The van der Waals surface area contributed by atoms with Crippen molar-refractivity contribution in [3.8, 4) is 33.8 Å². The van der Waals surface area contributed by atoms with Crippen molar-refractivity contribution in [2.75, 3.05) is 0 Å². The van der Waals surface area contributed by atoms with Gasteiger partial charge in [0.25, 0.3) is 0 Å². The fourth-order valence-corrected chi connectivity index (χ4v) is 4.11.